The van der Waals surface area contributed by atoms with E-state index in [0.29, 0.717) is 5.56 Å². The zero-order valence-corrected chi connectivity index (χ0v) is 13.9. The Morgan fingerprint density at radius 2 is 1.38 bits per heavy atom. The van der Waals surface area contributed by atoms with Crippen molar-refractivity contribution in [3.05, 3.63) is 60.2 Å². The fourth-order valence-corrected chi connectivity index (χ4v) is 1.86. The van der Waals surface area contributed by atoms with Gasteiger partial charge >= 0.3 is 0 Å². The van der Waals surface area contributed by atoms with Gasteiger partial charge in [-0.25, -0.2) is 5.06 Å². The molecule has 1 N–H and O–H groups in total. The molecule has 114 valence electrons. The van der Waals surface area contributed by atoms with Crippen LogP contribution in [0.15, 0.2) is 54.6 Å². The van der Waals surface area contributed by atoms with Gasteiger partial charge in [-0.2, -0.15) is 0 Å². The number of hydrogen-bond donors (Lipinski definition) is 1. The zero-order valence-electron chi connectivity index (χ0n) is 12.3. The van der Waals surface area contributed by atoms with Crippen molar-refractivity contribution in [2.45, 2.75) is 26.3 Å². The second-order valence-corrected chi connectivity index (χ2v) is 5.73. The Morgan fingerprint density at radius 1 is 0.905 bits per heavy atom. The number of carbonyl (C=O) groups excluding carboxylic acids is 1. The molecule has 0 atom stereocenters. The maximum Gasteiger partial charge on any atom is 0.277 e. The molecule has 0 radical (unpaired) electrons. The molecule has 0 aliphatic carbocycles. The van der Waals surface area contributed by atoms with Gasteiger partial charge in [0, 0.05) is 26.0 Å². The molecule has 0 fully saturated rings. The number of benzene rings is 2. The van der Waals surface area contributed by atoms with Crippen molar-refractivity contribution >= 4 is 5.91 Å². The average molecular weight is 376 g/mol. The van der Waals surface area contributed by atoms with Crippen molar-refractivity contribution in [3.8, 4) is 11.1 Å². The minimum atomic E-state index is -0.616. The number of rotatable bonds is 2. The van der Waals surface area contributed by atoms with Crippen LogP contribution >= 0.6 is 0 Å². The average Bonchev–Trinajstić information content (AvgIpc) is 2.46. The number of carbonyl (C=O) groups is 1. The zero-order chi connectivity index (χ0) is 14.8. The van der Waals surface area contributed by atoms with E-state index < -0.39 is 11.4 Å². The molecule has 21 heavy (non-hydrogen) atoms. The van der Waals surface area contributed by atoms with Gasteiger partial charge in [-0.3, -0.25) is 10.0 Å². The van der Waals surface area contributed by atoms with Gasteiger partial charge in [-0.15, -0.1) is 0 Å². The first-order valence-electron chi connectivity index (χ1n) is 6.58. The van der Waals surface area contributed by atoms with Gasteiger partial charge in [0.1, 0.15) is 0 Å². The molecule has 0 bridgehead atoms. The fourth-order valence-electron chi connectivity index (χ4n) is 1.86. The SMILES string of the molecule is CC(C)(C)N(O)C(=O)c1ccc(-c2ccccc2)cc1.[Pd]. The van der Waals surface area contributed by atoms with Crippen molar-refractivity contribution in [3.63, 3.8) is 0 Å². The molecule has 0 aromatic heterocycles. The number of hydroxylamine groups is 2. The van der Waals surface area contributed by atoms with Crippen LogP contribution in [0.25, 0.3) is 11.1 Å². The van der Waals surface area contributed by atoms with Crippen LogP contribution in [0.3, 0.4) is 0 Å². The summed E-state index contributed by atoms with van der Waals surface area (Å²) in [6.07, 6.45) is 0. The maximum atomic E-state index is 12.1. The van der Waals surface area contributed by atoms with Crippen LogP contribution in [0.5, 0.6) is 0 Å². The quantitative estimate of drug-likeness (QED) is 0.490. The Morgan fingerprint density at radius 3 is 1.86 bits per heavy atom. The molecule has 2 aromatic rings. The second kappa shape index (κ2) is 7.00. The van der Waals surface area contributed by atoms with E-state index in [9.17, 15) is 10.0 Å². The molecule has 3 nitrogen and oxygen atoms in total. The van der Waals surface area contributed by atoms with E-state index >= 15 is 0 Å². The van der Waals surface area contributed by atoms with Crippen LogP contribution in [0.2, 0.25) is 0 Å². The molecule has 0 spiro atoms. The van der Waals surface area contributed by atoms with Crippen molar-refractivity contribution in [1.29, 1.82) is 0 Å². The standard InChI is InChI=1S/C17H19NO2.Pd/c1-17(2,3)18(20)16(19)15-11-9-14(10-12-15)13-7-5-4-6-8-13;/h4-12,20H,1-3H3;. The Hall–Kier alpha value is -1.47. The first-order chi connectivity index (χ1) is 9.39. The van der Waals surface area contributed by atoms with E-state index in [4.69, 9.17) is 0 Å². The minimum absolute atomic E-state index is 0. The second-order valence-electron chi connectivity index (χ2n) is 5.73. The van der Waals surface area contributed by atoms with Gasteiger partial charge < -0.3 is 0 Å². The summed E-state index contributed by atoms with van der Waals surface area (Å²) in [6, 6.07) is 17.2. The summed E-state index contributed by atoms with van der Waals surface area (Å²) < 4.78 is 0. The third-order valence-corrected chi connectivity index (χ3v) is 3.07. The summed E-state index contributed by atoms with van der Waals surface area (Å²) in [7, 11) is 0. The van der Waals surface area contributed by atoms with E-state index in [0.717, 1.165) is 16.2 Å². The van der Waals surface area contributed by atoms with Gasteiger partial charge in [0.15, 0.2) is 0 Å². The predicted octanol–water partition coefficient (Wildman–Crippen LogP) is 3.98. The van der Waals surface area contributed by atoms with E-state index in [-0.39, 0.29) is 20.4 Å². The molecule has 0 saturated heterocycles. The molecular weight excluding hydrogens is 357 g/mol. The first-order valence-corrected chi connectivity index (χ1v) is 6.58. The topological polar surface area (TPSA) is 40.5 Å². The first kappa shape index (κ1) is 17.6. The molecule has 2 rings (SSSR count). The molecule has 0 heterocycles. The molecule has 2 aromatic carbocycles. The Balaban J connectivity index is 0.00000220. The van der Waals surface area contributed by atoms with Crippen molar-refractivity contribution in [2.75, 3.05) is 0 Å². The smallest absolute Gasteiger partial charge is 0.277 e. The maximum absolute atomic E-state index is 12.1. The number of hydrogen-bond acceptors (Lipinski definition) is 2. The molecule has 0 aliphatic heterocycles. The van der Waals surface area contributed by atoms with E-state index in [2.05, 4.69) is 0 Å². The normalized spacial score (nSPS) is 10.7. The molecular formula is C17H19NO2Pd. The van der Waals surface area contributed by atoms with Gasteiger partial charge in [-0.05, 0) is 44.0 Å². The van der Waals surface area contributed by atoms with E-state index in [1.54, 1.807) is 32.9 Å². The molecule has 4 heteroatoms. The van der Waals surface area contributed by atoms with Crippen LogP contribution in [-0.4, -0.2) is 21.7 Å². The van der Waals surface area contributed by atoms with Crippen LogP contribution < -0.4 is 0 Å². The van der Waals surface area contributed by atoms with Crippen LogP contribution in [0, 0.1) is 0 Å². The third-order valence-electron chi connectivity index (χ3n) is 3.07. The minimum Gasteiger partial charge on any atom is -0.285 e. The number of nitrogens with zero attached hydrogens (tertiary/aromatic N) is 1. The third kappa shape index (κ3) is 4.25. The summed E-state index contributed by atoms with van der Waals surface area (Å²) in [5, 5.41) is 10.6. The van der Waals surface area contributed by atoms with Crippen molar-refractivity contribution < 1.29 is 30.4 Å². The van der Waals surface area contributed by atoms with Crippen LogP contribution in [0.4, 0.5) is 0 Å². The van der Waals surface area contributed by atoms with E-state index in [1.807, 2.05) is 42.5 Å². The predicted molar refractivity (Wildman–Crippen MR) is 79.6 cm³/mol. The summed E-state index contributed by atoms with van der Waals surface area (Å²) in [5.74, 6) is -0.392. The Labute approximate surface area is 139 Å². The van der Waals surface area contributed by atoms with Crippen molar-refractivity contribution in [2.24, 2.45) is 0 Å². The monoisotopic (exact) mass is 375 g/mol. The summed E-state index contributed by atoms with van der Waals surface area (Å²) in [4.78, 5) is 12.1. The summed E-state index contributed by atoms with van der Waals surface area (Å²) >= 11 is 0. The summed E-state index contributed by atoms with van der Waals surface area (Å²) in [5.41, 5.74) is 2.00. The van der Waals surface area contributed by atoms with Crippen molar-refractivity contribution in [1.82, 2.24) is 5.06 Å². The molecule has 1 amide bonds. The van der Waals surface area contributed by atoms with Gasteiger partial charge in [-0.1, -0.05) is 42.5 Å². The van der Waals surface area contributed by atoms with Gasteiger partial charge in [0.05, 0.1) is 5.54 Å². The molecule has 0 unspecified atom stereocenters. The largest absolute Gasteiger partial charge is 0.285 e. The Bertz CT molecular complexity index is 588. The van der Waals surface area contributed by atoms with Crippen LogP contribution in [0.1, 0.15) is 31.1 Å². The number of amides is 1. The Kier molecular flexibility index (Phi) is 5.86. The van der Waals surface area contributed by atoms with Crippen LogP contribution in [-0.2, 0) is 20.4 Å². The molecule has 0 saturated carbocycles. The van der Waals surface area contributed by atoms with Gasteiger partial charge in [0.25, 0.3) is 5.91 Å². The summed E-state index contributed by atoms with van der Waals surface area (Å²) in [6.45, 7) is 5.34. The fraction of sp³-hybridized carbons (Fsp3) is 0.235. The van der Waals surface area contributed by atoms with Gasteiger partial charge in [0.2, 0.25) is 0 Å². The molecule has 0 aliphatic rings. The van der Waals surface area contributed by atoms with E-state index in [1.165, 1.54) is 0 Å².